The molecule has 1 atom stereocenters. The van der Waals surface area contributed by atoms with E-state index in [1.54, 1.807) is 13.0 Å². The lowest BCUT2D eigenvalue weighted by molar-refractivity contribution is -0.155. The van der Waals surface area contributed by atoms with Gasteiger partial charge in [-0.2, -0.15) is 0 Å². The molecule has 1 rings (SSSR count). The molecule has 106 valence electrons. The van der Waals surface area contributed by atoms with Gasteiger partial charge in [0.1, 0.15) is 0 Å². The predicted octanol–water partition coefficient (Wildman–Crippen LogP) is 3.41. The maximum absolute atomic E-state index is 12.4. The molecular formula is C17H20O3. The molecule has 0 spiro atoms. The topological polar surface area (TPSA) is 43.4 Å². The summed E-state index contributed by atoms with van der Waals surface area (Å²) in [6.45, 7) is 10.9. The van der Waals surface area contributed by atoms with E-state index in [-0.39, 0.29) is 18.8 Å². The third-order valence-corrected chi connectivity index (χ3v) is 3.31. The molecule has 1 aromatic rings. The van der Waals surface area contributed by atoms with Gasteiger partial charge in [0.25, 0.3) is 0 Å². The minimum absolute atomic E-state index is 0.175. The number of hydrogen-bond donors (Lipinski definition) is 0. The van der Waals surface area contributed by atoms with E-state index in [1.165, 1.54) is 6.92 Å². The average molecular weight is 272 g/mol. The Morgan fingerprint density at radius 2 is 1.90 bits per heavy atom. The number of esters is 1. The molecule has 3 heteroatoms. The van der Waals surface area contributed by atoms with Crippen LogP contribution in [0.1, 0.15) is 25.8 Å². The van der Waals surface area contributed by atoms with Crippen LogP contribution in [-0.4, -0.2) is 18.4 Å². The van der Waals surface area contributed by atoms with Gasteiger partial charge in [-0.1, -0.05) is 43.0 Å². The zero-order chi connectivity index (χ0) is 15.2. The maximum atomic E-state index is 12.4. The normalized spacial score (nSPS) is 13.1. The lowest BCUT2D eigenvalue weighted by Gasteiger charge is -2.30. The molecular weight excluding hydrogens is 252 g/mol. The summed E-state index contributed by atoms with van der Waals surface area (Å²) in [6, 6.07) is 9.18. The van der Waals surface area contributed by atoms with E-state index in [9.17, 15) is 9.59 Å². The van der Waals surface area contributed by atoms with Crippen molar-refractivity contribution in [2.24, 2.45) is 5.41 Å². The van der Waals surface area contributed by atoms with Crippen molar-refractivity contribution in [1.29, 1.82) is 0 Å². The molecule has 0 bridgehead atoms. The standard InChI is InChI=1S/C17H20O3/c1-5-12-17(14(4)18,16(19)20-6-2)13(3)15-10-8-7-9-11-15/h5,7-11H,1,3,6,12H2,2,4H3/t17-/m1/s1. The SMILES string of the molecule is C=CC[C@@](C(=C)c1ccccc1)(C(C)=O)C(=O)OCC. The fourth-order valence-electron chi connectivity index (χ4n) is 2.19. The third kappa shape index (κ3) is 2.87. The highest BCUT2D eigenvalue weighted by molar-refractivity contribution is 6.13. The molecule has 0 aromatic heterocycles. The summed E-state index contributed by atoms with van der Waals surface area (Å²) < 4.78 is 5.10. The van der Waals surface area contributed by atoms with Crippen molar-refractivity contribution in [3.63, 3.8) is 0 Å². The number of ketones is 1. The average Bonchev–Trinajstić information content (AvgIpc) is 2.44. The van der Waals surface area contributed by atoms with Gasteiger partial charge < -0.3 is 4.74 Å². The van der Waals surface area contributed by atoms with Gasteiger partial charge in [0, 0.05) is 0 Å². The van der Waals surface area contributed by atoms with Crippen molar-refractivity contribution in [3.8, 4) is 0 Å². The number of carbonyl (C=O) groups is 2. The second-order valence-electron chi connectivity index (χ2n) is 4.52. The Kier molecular flexibility index (Phi) is 5.44. The van der Waals surface area contributed by atoms with Gasteiger partial charge in [-0.25, -0.2) is 0 Å². The lowest BCUT2D eigenvalue weighted by Crippen LogP contribution is -2.40. The highest BCUT2D eigenvalue weighted by Gasteiger charge is 2.46. The van der Waals surface area contributed by atoms with E-state index in [0.717, 1.165) is 5.56 Å². The van der Waals surface area contributed by atoms with Crippen LogP contribution in [0.15, 0.2) is 49.6 Å². The lowest BCUT2D eigenvalue weighted by atomic mass is 9.72. The van der Waals surface area contributed by atoms with Crippen molar-refractivity contribution >= 4 is 17.3 Å². The van der Waals surface area contributed by atoms with Crippen LogP contribution in [0.4, 0.5) is 0 Å². The van der Waals surface area contributed by atoms with Gasteiger partial charge in [0.15, 0.2) is 11.2 Å². The van der Waals surface area contributed by atoms with Gasteiger partial charge in [0.05, 0.1) is 6.61 Å². The molecule has 1 aromatic carbocycles. The summed E-state index contributed by atoms with van der Waals surface area (Å²) in [7, 11) is 0. The Labute approximate surface area is 120 Å². The number of rotatable bonds is 7. The van der Waals surface area contributed by atoms with Crippen molar-refractivity contribution in [2.75, 3.05) is 6.61 Å². The first-order chi connectivity index (χ1) is 9.50. The van der Waals surface area contributed by atoms with E-state index in [2.05, 4.69) is 13.2 Å². The van der Waals surface area contributed by atoms with Crippen LogP contribution in [-0.2, 0) is 14.3 Å². The third-order valence-electron chi connectivity index (χ3n) is 3.31. The van der Waals surface area contributed by atoms with E-state index in [4.69, 9.17) is 4.74 Å². The van der Waals surface area contributed by atoms with E-state index < -0.39 is 11.4 Å². The Bertz CT molecular complexity index is 516. The molecule has 0 aliphatic rings. The maximum Gasteiger partial charge on any atom is 0.324 e. The molecule has 20 heavy (non-hydrogen) atoms. The molecule has 0 amide bonds. The molecule has 0 unspecified atom stereocenters. The molecule has 0 aliphatic carbocycles. The van der Waals surface area contributed by atoms with Crippen LogP contribution in [0, 0.1) is 5.41 Å². The summed E-state index contributed by atoms with van der Waals surface area (Å²) >= 11 is 0. The van der Waals surface area contributed by atoms with Crippen LogP contribution in [0.3, 0.4) is 0 Å². The van der Waals surface area contributed by atoms with Crippen molar-refractivity contribution in [1.82, 2.24) is 0 Å². The number of allylic oxidation sites excluding steroid dienone is 1. The second-order valence-corrected chi connectivity index (χ2v) is 4.52. The first kappa shape index (κ1) is 15.9. The fraction of sp³-hybridized carbons (Fsp3) is 0.294. The van der Waals surface area contributed by atoms with Crippen LogP contribution in [0.2, 0.25) is 0 Å². The van der Waals surface area contributed by atoms with Gasteiger partial charge in [-0.15, -0.1) is 6.58 Å². The molecule has 0 aliphatic heterocycles. The molecule has 0 fully saturated rings. The van der Waals surface area contributed by atoms with Crippen LogP contribution < -0.4 is 0 Å². The van der Waals surface area contributed by atoms with E-state index >= 15 is 0 Å². The summed E-state index contributed by atoms with van der Waals surface area (Å²) in [4.78, 5) is 24.5. The van der Waals surface area contributed by atoms with Gasteiger partial charge in [0.2, 0.25) is 0 Å². The molecule has 0 N–H and O–H groups in total. The van der Waals surface area contributed by atoms with Crippen LogP contribution in [0.5, 0.6) is 0 Å². The van der Waals surface area contributed by atoms with Crippen LogP contribution >= 0.6 is 0 Å². The van der Waals surface area contributed by atoms with Crippen molar-refractivity contribution in [3.05, 3.63) is 55.1 Å². The monoisotopic (exact) mass is 272 g/mol. The van der Waals surface area contributed by atoms with Gasteiger partial charge >= 0.3 is 5.97 Å². The number of ether oxygens (including phenoxy) is 1. The summed E-state index contributed by atoms with van der Waals surface area (Å²) in [5.41, 5.74) is -0.194. The summed E-state index contributed by atoms with van der Waals surface area (Å²) in [6.07, 6.45) is 1.72. The molecule has 0 saturated heterocycles. The minimum atomic E-state index is -1.39. The molecule has 0 saturated carbocycles. The zero-order valence-corrected chi connectivity index (χ0v) is 12.0. The fourth-order valence-corrected chi connectivity index (χ4v) is 2.19. The molecule has 0 heterocycles. The smallest absolute Gasteiger partial charge is 0.324 e. The number of benzene rings is 1. The number of hydrogen-bond acceptors (Lipinski definition) is 3. The van der Waals surface area contributed by atoms with Crippen LogP contribution in [0.25, 0.3) is 5.57 Å². The van der Waals surface area contributed by atoms with E-state index in [0.29, 0.717) is 5.57 Å². The first-order valence-electron chi connectivity index (χ1n) is 6.54. The van der Waals surface area contributed by atoms with Crippen molar-refractivity contribution < 1.29 is 14.3 Å². The van der Waals surface area contributed by atoms with Crippen molar-refractivity contribution in [2.45, 2.75) is 20.3 Å². The van der Waals surface area contributed by atoms with E-state index in [1.807, 2.05) is 30.3 Å². The van der Waals surface area contributed by atoms with Gasteiger partial charge in [-0.05, 0) is 31.4 Å². The summed E-state index contributed by atoms with van der Waals surface area (Å²) in [5.74, 6) is -0.856. The Balaban J connectivity index is 3.35. The highest BCUT2D eigenvalue weighted by Crippen LogP contribution is 2.39. The first-order valence-corrected chi connectivity index (χ1v) is 6.54. The highest BCUT2D eigenvalue weighted by atomic mass is 16.5. The largest absolute Gasteiger partial charge is 0.465 e. The number of Topliss-reactive ketones (excluding diaryl/α,β-unsaturated/α-hetero) is 1. The quantitative estimate of drug-likeness (QED) is 0.434. The van der Waals surface area contributed by atoms with Gasteiger partial charge in [-0.3, -0.25) is 9.59 Å². The minimum Gasteiger partial charge on any atom is -0.465 e. The zero-order valence-electron chi connectivity index (χ0n) is 12.0. The molecule has 0 radical (unpaired) electrons. The summed E-state index contributed by atoms with van der Waals surface area (Å²) in [5, 5.41) is 0. The molecule has 3 nitrogen and oxygen atoms in total. The Hall–Kier alpha value is -2.16. The second kappa shape index (κ2) is 6.85. The number of carbonyl (C=O) groups excluding carboxylic acids is 2. The predicted molar refractivity (Wildman–Crippen MR) is 80.0 cm³/mol. The Morgan fingerprint density at radius 3 is 2.35 bits per heavy atom. The Morgan fingerprint density at radius 1 is 1.30 bits per heavy atom.